The van der Waals surface area contributed by atoms with Crippen LogP contribution in [0.1, 0.15) is 23.1 Å². The molecule has 1 aromatic carbocycles. The Hall–Kier alpha value is 0.0800. The van der Waals surface area contributed by atoms with E-state index in [0.717, 1.165) is 0 Å². The van der Waals surface area contributed by atoms with Gasteiger partial charge in [0, 0.05) is 11.3 Å². The Balaban J connectivity index is 0.00000361. The van der Waals surface area contributed by atoms with Crippen molar-refractivity contribution in [3.05, 3.63) is 16.7 Å². The monoisotopic (exact) mass is 328 g/mol. The summed E-state index contributed by atoms with van der Waals surface area (Å²) < 4.78 is 31.4. The van der Waals surface area contributed by atoms with Crippen molar-refractivity contribution in [3.8, 4) is 11.5 Å². The van der Waals surface area contributed by atoms with Crippen LogP contribution in [0.4, 0.5) is 0 Å². The van der Waals surface area contributed by atoms with E-state index in [9.17, 15) is 23.2 Å². The largest absolute Gasteiger partial charge is 1.00 e. The molecule has 20 heavy (non-hydrogen) atoms. The Morgan fingerprint density at radius 1 is 1.05 bits per heavy atom. The van der Waals surface area contributed by atoms with Gasteiger partial charge in [0.1, 0.15) is 11.5 Å². The zero-order valence-corrected chi connectivity index (χ0v) is 15.7. The molecule has 0 aliphatic rings. The van der Waals surface area contributed by atoms with Crippen molar-refractivity contribution in [1.29, 1.82) is 0 Å². The molecule has 0 aromatic heterocycles. The molecule has 1 aromatic rings. The van der Waals surface area contributed by atoms with Crippen LogP contribution in [0.2, 0.25) is 0 Å². The van der Waals surface area contributed by atoms with Crippen molar-refractivity contribution >= 4 is 21.9 Å². The SMILES string of the molecule is Cc1c(C)c(O)c(SCCCS(=O)(=O)[O-])c(C)c1O.[Na+]. The van der Waals surface area contributed by atoms with E-state index in [1.165, 1.54) is 11.8 Å². The summed E-state index contributed by atoms with van der Waals surface area (Å²) in [5, 5.41) is 19.9. The summed E-state index contributed by atoms with van der Waals surface area (Å²) in [5.74, 6) is 0.200. The molecule has 0 fully saturated rings. The normalized spacial score (nSPS) is 11.2. The average molecular weight is 328 g/mol. The van der Waals surface area contributed by atoms with Gasteiger partial charge in [-0.3, -0.25) is 0 Å². The van der Waals surface area contributed by atoms with Gasteiger partial charge >= 0.3 is 29.6 Å². The molecule has 0 unspecified atom stereocenters. The second-order valence-electron chi connectivity index (χ2n) is 4.37. The van der Waals surface area contributed by atoms with Gasteiger partial charge in [-0.25, -0.2) is 8.42 Å². The summed E-state index contributed by atoms with van der Waals surface area (Å²) in [7, 11) is -4.20. The number of rotatable bonds is 5. The van der Waals surface area contributed by atoms with Gasteiger partial charge in [0.15, 0.2) is 0 Å². The van der Waals surface area contributed by atoms with Gasteiger partial charge in [-0.15, -0.1) is 11.8 Å². The molecule has 0 radical (unpaired) electrons. The van der Waals surface area contributed by atoms with Crippen molar-refractivity contribution in [2.45, 2.75) is 32.1 Å². The standard InChI is InChI=1S/C12H18O5S2.Na/c1-7-8(2)11(14)12(9(3)10(7)13)18-5-4-6-19(15,16)17;/h13-14H,4-6H2,1-3H3,(H,15,16,17);/q;+1/p-1. The molecule has 1 rings (SSSR count). The van der Waals surface area contributed by atoms with Crippen LogP contribution in [0.15, 0.2) is 4.90 Å². The second-order valence-corrected chi connectivity index (χ2v) is 6.99. The van der Waals surface area contributed by atoms with Crippen LogP contribution in [0.5, 0.6) is 11.5 Å². The summed E-state index contributed by atoms with van der Waals surface area (Å²) in [6.07, 6.45) is 0.211. The maximum atomic E-state index is 10.5. The number of hydrogen-bond donors (Lipinski definition) is 2. The Morgan fingerprint density at radius 2 is 1.55 bits per heavy atom. The number of phenols is 2. The zero-order valence-electron chi connectivity index (χ0n) is 12.1. The minimum Gasteiger partial charge on any atom is -0.748 e. The van der Waals surface area contributed by atoms with E-state index < -0.39 is 15.9 Å². The smallest absolute Gasteiger partial charge is 0.748 e. The van der Waals surface area contributed by atoms with E-state index in [0.29, 0.717) is 27.3 Å². The van der Waals surface area contributed by atoms with Crippen LogP contribution in [0, 0.1) is 20.8 Å². The molecular formula is C12H17NaO5S2. The summed E-state index contributed by atoms with van der Waals surface area (Å²) in [6.45, 7) is 5.11. The summed E-state index contributed by atoms with van der Waals surface area (Å²) in [4.78, 5) is 0.531. The first-order valence-electron chi connectivity index (χ1n) is 5.73. The van der Waals surface area contributed by atoms with Crippen LogP contribution >= 0.6 is 11.8 Å². The molecule has 2 N–H and O–H groups in total. The molecule has 108 valence electrons. The quantitative estimate of drug-likeness (QED) is 0.238. The molecule has 0 saturated carbocycles. The number of aromatic hydroxyl groups is 2. The third-order valence-electron chi connectivity index (χ3n) is 2.97. The maximum Gasteiger partial charge on any atom is 1.00 e. The van der Waals surface area contributed by atoms with Crippen molar-refractivity contribution in [2.24, 2.45) is 0 Å². The summed E-state index contributed by atoms with van der Waals surface area (Å²) in [6, 6.07) is 0. The van der Waals surface area contributed by atoms with Gasteiger partial charge < -0.3 is 14.8 Å². The Morgan fingerprint density at radius 3 is 2.05 bits per heavy atom. The first-order valence-corrected chi connectivity index (χ1v) is 8.29. The number of phenolic OH excluding ortho intramolecular Hbond substituents is 2. The fraction of sp³-hybridized carbons (Fsp3) is 0.500. The maximum absolute atomic E-state index is 10.5. The van der Waals surface area contributed by atoms with Gasteiger partial charge in [0.05, 0.1) is 15.0 Å². The van der Waals surface area contributed by atoms with Crippen molar-refractivity contribution in [1.82, 2.24) is 0 Å². The minimum absolute atomic E-state index is 0. The summed E-state index contributed by atoms with van der Waals surface area (Å²) in [5.41, 5.74) is 1.79. The van der Waals surface area contributed by atoms with Gasteiger partial charge in [-0.1, -0.05) is 0 Å². The van der Waals surface area contributed by atoms with E-state index in [1.807, 2.05) is 0 Å². The Kier molecular flexibility index (Phi) is 7.94. The topological polar surface area (TPSA) is 97.7 Å². The van der Waals surface area contributed by atoms with Gasteiger partial charge in [-0.2, -0.15) is 0 Å². The predicted molar refractivity (Wildman–Crippen MR) is 73.9 cm³/mol. The Labute approximate surface area is 145 Å². The van der Waals surface area contributed by atoms with Crippen LogP contribution in [-0.4, -0.2) is 34.7 Å². The van der Waals surface area contributed by atoms with Crippen LogP contribution in [0.3, 0.4) is 0 Å². The molecule has 0 aliphatic carbocycles. The average Bonchev–Trinajstić information content (AvgIpc) is 2.32. The number of hydrogen-bond acceptors (Lipinski definition) is 6. The molecule has 0 aliphatic heterocycles. The van der Waals surface area contributed by atoms with Crippen molar-refractivity contribution < 1.29 is 52.7 Å². The van der Waals surface area contributed by atoms with Crippen LogP contribution < -0.4 is 29.6 Å². The zero-order chi connectivity index (χ0) is 14.8. The van der Waals surface area contributed by atoms with Gasteiger partial charge in [-0.05, 0) is 44.1 Å². The molecular weight excluding hydrogens is 311 g/mol. The number of benzene rings is 1. The van der Waals surface area contributed by atoms with E-state index in [4.69, 9.17) is 0 Å². The molecule has 0 amide bonds. The fourth-order valence-electron chi connectivity index (χ4n) is 1.68. The molecule has 0 bridgehead atoms. The molecule has 0 saturated heterocycles. The third kappa shape index (κ3) is 5.13. The minimum atomic E-state index is -4.20. The molecule has 0 spiro atoms. The van der Waals surface area contributed by atoms with Gasteiger partial charge in [0.2, 0.25) is 0 Å². The second kappa shape index (κ2) is 7.91. The Bertz CT molecular complexity index is 555. The first kappa shape index (κ1) is 20.1. The van der Waals surface area contributed by atoms with Crippen molar-refractivity contribution in [2.75, 3.05) is 11.5 Å². The fourth-order valence-corrected chi connectivity index (χ4v) is 3.45. The third-order valence-corrected chi connectivity index (χ3v) is 5.04. The van der Waals surface area contributed by atoms with Gasteiger partial charge in [0.25, 0.3) is 0 Å². The predicted octanol–water partition coefficient (Wildman–Crippen LogP) is -0.946. The molecule has 0 atom stereocenters. The van der Waals surface area contributed by atoms with Crippen molar-refractivity contribution in [3.63, 3.8) is 0 Å². The molecule has 8 heteroatoms. The number of thioether (sulfide) groups is 1. The van der Waals surface area contributed by atoms with Crippen LogP contribution in [-0.2, 0) is 10.1 Å². The first-order chi connectivity index (χ1) is 8.65. The van der Waals surface area contributed by atoms with Crippen LogP contribution in [0.25, 0.3) is 0 Å². The van der Waals surface area contributed by atoms with E-state index in [2.05, 4.69) is 0 Å². The van der Waals surface area contributed by atoms with E-state index in [-0.39, 0.29) is 47.5 Å². The van der Waals surface area contributed by atoms with E-state index >= 15 is 0 Å². The van der Waals surface area contributed by atoms with E-state index in [1.54, 1.807) is 20.8 Å². The summed E-state index contributed by atoms with van der Waals surface area (Å²) >= 11 is 1.24. The molecule has 0 heterocycles. The molecule has 5 nitrogen and oxygen atoms in total.